The number of Topliss-reactive ketones (excluding diaryl/α,β-unsaturated/α-hetero) is 2. The first-order valence-corrected chi connectivity index (χ1v) is 13.4. The third-order valence-electron chi connectivity index (χ3n) is 12.8. The van der Waals surface area contributed by atoms with Gasteiger partial charge in [0.15, 0.2) is 11.4 Å². The normalized spacial score (nSPS) is 58.0. The lowest BCUT2D eigenvalue weighted by Gasteiger charge is -2.72. The second-order valence-electron chi connectivity index (χ2n) is 13.2. The van der Waals surface area contributed by atoms with Crippen molar-refractivity contribution in [3.05, 3.63) is 11.1 Å². The number of hydrogen-bond acceptors (Lipinski definition) is 8. The molecule has 5 saturated carbocycles. The van der Waals surface area contributed by atoms with Crippen molar-refractivity contribution < 1.29 is 39.5 Å². The fourth-order valence-corrected chi connectivity index (χ4v) is 10.7. The van der Waals surface area contributed by atoms with Gasteiger partial charge < -0.3 is 25.2 Å². The molecule has 5 aliphatic carbocycles. The van der Waals surface area contributed by atoms with Crippen LogP contribution in [0.25, 0.3) is 0 Å². The molecular formula is C28H38O8. The molecular weight excluding hydrogens is 464 g/mol. The zero-order valence-corrected chi connectivity index (χ0v) is 21.7. The van der Waals surface area contributed by atoms with Crippen LogP contribution in [0, 0.1) is 40.4 Å². The molecule has 8 heteroatoms. The number of ether oxygens (including phenoxy) is 1. The molecule has 0 aromatic heterocycles. The number of carbonyl (C=O) groups excluding carboxylic acids is 3. The maximum absolute atomic E-state index is 13.6. The third kappa shape index (κ3) is 2.20. The van der Waals surface area contributed by atoms with Crippen molar-refractivity contribution in [1.82, 2.24) is 0 Å². The Balaban J connectivity index is 1.62. The molecule has 36 heavy (non-hydrogen) atoms. The predicted octanol–water partition coefficient (Wildman–Crippen LogP) is 1.46. The first-order valence-electron chi connectivity index (χ1n) is 13.4. The van der Waals surface area contributed by atoms with E-state index in [1.807, 2.05) is 6.92 Å². The second kappa shape index (κ2) is 6.87. The molecule has 8 nitrogen and oxygen atoms in total. The minimum atomic E-state index is -1.89. The SMILES string of the molecule is CC1=C(C)[C@]2(OC1=O)[C@H](O)[C@@H](C)[C@]1(O)CC[C@H]3[C@@H]4C[C@@H](O)C5CCC(=O)C(=O)[C@]5(C)[C@H]4C[C@@]2(O)[C@@]31C. The van der Waals surface area contributed by atoms with E-state index < -0.39 is 75.1 Å². The van der Waals surface area contributed by atoms with Crippen LogP contribution < -0.4 is 0 Å². The first kappa shape index (κ1) is 24.7. The van der Waals surface area contributed by atoms with Crippen molar-refractivity contribution in [2.45, 2.75) is 102 Å². The molecule has 5 fully saturated rings. The maximum atomic E-state index is 13.6. The maximum Gasteiger partial charge on any atom is 0.334 e. The zero-order valence-electron chi connectivity index (χ0n) is 21.7. The van der Waals surface area contributed by atoms with E-state index in [9.17, 15) is 34.8 Å². The lowest BCUT2D eigenvalue weighted by molar-refractivity contribution is -0.361. The Bertz CT molecular complexity index is 1130. The molecule has 198 valence electrons. The summed E-state index contributed by atoms with van der Waals surface area (Å²) in [4.78, 5) is 39.2. The van der Waals surface area contributed by atoms with Crippen molar-refractivity contribution in [3.8, 4) is 0 Å². The zero-order chi connectivity index (χ0) is 26.4. The Morgan fingerprint density at radius 1 is 0.972 bits per heavy atom. The number of esters is 1. The van der Waals surface area contributed by atoms with E-state index in [1.54, 1.807) is 27.7 Å². The number of hydrogen-bond donors (Lipinski definition) is 4. The average Bonchev–Trinajstić information content (AvgIpc) is 3.24. The summed E-state index contributed by atoms with van der Waals surface area (Å²) in [6, 6.07) is 0. The van der Waals surface area contributed by atoms with E-state index >= 15 is 0 Å². The van der Waals surface area contributed by atoms with Crippen molar-refractivity contribution in [1.29, 1.82) is 0 Å². The van der Waals surface area contributed by atoms with E-state index in [0.717, 1.165) is 0 Å². The van der Waals surface area contributed by atoms with E-state index in [2.05, 4.69) is 0 Å². The van der Waals surface area contributed by atoms with Gasteiger partial charge >= 0.3 is 5.97 Å². The van der Waals surface area contributed by atoms with Crippen LogP contribution in [0.5, 0.6) is 0 Å². The van der Waals surface area contributed by atoms with Gasteiger partial charge in [0, 0.05) is 28.7 Å². The Labute approximate surface area is 211 Å². The van der Waals surface area contributed by atoms with Crippen LogP contribution in [0.2, 0.25) is 0 Å². The molecule has 6 aliphatic rings. The van der Waals surface area contributed by atoms with Crippen LogP contribution >= 0.6 is 0 Å². The van der Waals surface area contributed by atoms with Crippen molar-refractivity contribution in [2.75, 3.05) is 0 Å². The molecule has 1 heterocycles. The minimum absolute atomic E-state index is 0.0204. The van der Waals surface area contributed by atoms with Crippen LogP contribution in [0.3, 0.4) is 0 Å². The summed E-state index contributed by atoms with van der Waals surface area (Å²) in [5.74, 6) is -3.66. The highest BCUT2D eigenvalue weighted by atomic mass is 16.6. The summed E-state index contributed by atoms with van der Waals surface area (Å²) < 4.78 is 6.00. The van der Waals surface area contributed by atoms with Crippen molar-refractivity contribution in [2.24, 2.45) is 40.4 Å². The third-order valence-corrected chi connectivity index (χ3v) is 12.8. The van der Waals surface area contributed by atoms with Gasteiger partial charge in [-0.3, -0.25) is 9.59 Å². The number of aliphatic hydroxyl groups is 4. The van der Waals surface area contributed by atoms with Gasteiger partial charge in [0.25, 0.3) is 0 Å². The molecule has 4 N–H and O–H groups in total. The van der Waals surface area contributed by atoms with Gasteiger partial charge in [0.05, 0.1) is 11.7 Å². The van der Waals surface area contributed by atoms with Crippen LogP contribution in [0.15, 0.2) is 11.1 Å². The van der Waals surface area contributed by atoms with Crippen LogP contribution in [-0.2, 0) is 19.1 Å². The Hall–Kier alpha value is -1.61. The average molecular weight is 503 g/mol. The minimum Gasteiger partial charge on any atom is -0.445 e. The highest BCUT2D eigenvalue weighted by molar-refractivity contribution is 6.39. The summed E-state index contributed by atoms with van der Waals surface area (Å²) in [6.45, 7) is 8.66. The van der Waals surface area contributed by atoms with E-state index in [0.29, 0.717) is 36.8 Å². The van der Waals surface area contributed by atoms with Gasteiger partial charge in [-0.05, 0) is 75.2 Å². The van der Waals surface area contributed by atoms with E-state index in [4.69, 9.17) is 4.74 Å². The largest absolute Gasteiger partial charge is 0.445 e. The van der Waals surface area contributed by atoms with E-state index in [1.165, 1.54) is 0 Å². The molecule has 0 saturated heterocycles. The van der Waals surface area contributed by atoms with Gasteiger partial charge in [-0.25, -0.2) is 4.79 Å². The standard InChI is InChI=1S/C28H38O8/c1-12-13(2)28(36-23(12)33)21(31)14(3)26(34)9-8-16-15-10-20(30)17-6-7-19(29)22(32)24(17,4)18(15)11-27(28,35)25(16,26)5/h14-18,20-21,30-31,34-35H,6-11H2,1-5H3/t14-,15+,16+,17?,18+,20-,21-,24+,25+,26-,27-,28+/m1/s1. The summed E-state index contributed by atoms with van der Waals surface area (Å²) in [6.07, 6.45) is -0.319. The number of carbonyl (C=O) groups is 3. The molecule has 12 atom stereocenters. The Morgan fingerprint density at radius 2 is 1.64 bits per heavy atom. The van der Waals surface area contributed by atoms with Crippen LogP contribution in [0.4, 0.5) is 0 Å². The molecule has 0 bridgehead atoms. The van der Waals surface area contributed by atoms with Gasteiger partial charge in [-0.2, -0.15) is 0 Å². The highest BCUT2D eigenvalue weighted by Crippen LogP contribution is 2.77. The van der Waals surface area contributed by atoms with Gasteiger partial charge in [-0.15, -0.1) is 0 Å². The molecule has 0 aromatic carbocycles. The first-order chi connectivity index (χ1) is 16.6. The monoisotopic (exact) mass is 502 g/mol. The lowest BCUT2D eigenvalue weighted by Crippen LogP contribution is -2.84. The summed E-state index contributed by atoms with van der Waals surface area (Å²) in [5.41, 5.74) is -6.70. The van der Waals surface area contributed by atoms with Gasteiger partial charge in [0.2, 0.25) is 5.78 Å². The number of rotatable bonds is 0. The Kier molecular flexibility index (Phi) is 4.72. The summed E-state index contributed by atoms with van der Waals surface area (Å²) in [5, 5.41) is 48.3. The molecule has 6 rings (SSSR count). The molecule has 1 unspecified atom stereocenters. The molecule has 0 radical (unpaired) electrons. The smallest absolute Gasteiger partial charge is 0.334 e. The van der Waals surface area contributed by atoms with Crippen molar-refractivity contribution in [3.63, 3.8) is 0 Å². The fraction of sp³-hybridized carbons (Fsp3) is 0.821. The van der Waals surface area contributed by atoms with E-state index in [-0.39, 0.29) is 24.7 Å². The topological polar surface area (TPSA) is 141 Å². The lowest BCUT2D eigenvalue weighted by atomic mass is 9.35. The van der Waals surface area contributed by atoms with Crippen LogP contribution in [-0.4, -0.2) is 67.0 Å². The summed E-state index contributed by atoms with van der Waals surface area (Å²) >= 11 is 0. The molecule has 1 aliphatic heterocycles. The molecule has 0 amide bonds. The molecule has 0 aromatic rings. The second-order valence-corrected chi connectivity index (χ2v) is 13.2. The van der Waals surface area contributed by atoms with Gasteiger partial charge in [0.1, 0.15) is 11.7 Å². The quantitative estimate of drug-likeness (QED) is 0.288. The number of aliphatic hydroxyl groups excluding tert-OH is 2. The molecule has 1 spiro atoms. The van der Waals surface area contributed by atoms with Crippen LogP contribution in [0.1, 0.15) is 73.1 Å². The summed E-state index contributed by atoms with van der Waals surface area (Å²) in [7, 11) is 0. The number of fused-ring (bicyclic) bond motifs is 5. The van der Waals surface area contributed by atoms with Crippen molar-refractivity contribution >= 4 is 17.5 Å². The predicted molar refractivity (Wildman–Crippen MR) is 126 cm³/mol. The fourth-order valence-electron chi connectivity index (χ4n) is 10.7. The number of ketones is 2. The highest BCUT2D eigenvalue weighted by Gasteiger charge is 2.86. The van der Waals surface area contributed by atoms with Gasteiger partial charge in [-0.1, -0.05) is 20.8 Å². The Morgan fingerprint density at radius 3 is 2.25 bits per heavy atom.